The van der Waals surface area contributed by atoms with Gasteiger partial charge in [-0.05, 0) is 37.0 Å². The summed E-state index contributed by atoms with van der Waals surface area (Å²) >= 11 is 0. The third-order valence-electron chi connectivity index (χ3n) is 4.46. The molecule has 1 aromatic carbocycles. The molecule has 0 saturated heterocycles. The standard InChI is InChI=1S/C18H28N2O3/c1-4-15(13-10-11-16(22-2)17(12-13)23-3)20-18(21)19-14-8-6-5-7-9-14/h10-12,14-15H,4-9H2,1-3H3,(H2,19,20,21)/t15-/m0/s1. The van der Waals surface area contributed by atoms with Gasteiger partial charge in [0.15, 0.2) is 11.5 Å². The van der Waals surface area contributed by atoms with Crippen molar-refractivity contribution in [3.63, 3.8) is 0 Å². The molecular formula is C18H28N2O3. The van der Waals surface area contributed by atoms with E-state index in [1.165, 1.54) is 19.3 Å². The van der Waals surface area contributed by atoms with Gasteiger partial charge in [-0.3, -0.25) is 0 Å². The van der Waals surface area contributed by atoms with E-state index >= 15 is 0 Å². The van der Waals surface area contributed by atoms with Crippen LogP contribution in [-0.2, 0) is 0 Å². The summed E-state index contributed by atoms with van der Waals surface area (Å²) in [7, 11) is 3.23. The highest BCUT2D eigenvalue weighted by molar-refractivity contribution is 5.74. The monoisotopic (exact) mass is 320 g/mol. The second kappa shape index (κ2) is 8.65. The lowest BCUT2D eigenvalue weighted by Gasteiger charge is -2.25. The highest BCUT2D eigenvalue weighted by atomic mass is 16.5. The predicted octanol–water partition coefficient (Wildman–Crippen LogP) is 3.79. The van der Waals surface area contributed by atoms with Crippen molar-refractivity contribution in [2.45, 2.75) is 57.5 Å². The van der Waals surface area contributed by atoms with Gasteiger partial charge >= 0.3 is 6.03 Å². The molecular weight excluding hydrogens is 292 g/mol. The molecule has 0 aliphatic heterocycles. The molecule has 1 fully saturated rings. The molecule has 2 amide bonds. The van der Waals surface area contributed by atoms with E-state index in [9.17, 15) is 4.79 Å². The fraction of sp³-hybridized carbons (Fsp3) is 0.611. The van der Waals surface area contributed by atoms with Crippen molar-refractivity contribution < 1.29 is 14.3 Å². The molecule has 2 N–H and O–H groups in total. The maximum Gasteiger partial charge on any atom is 0.315 e. The number of amides is 2. The summed E-state index contributed by atoms with van der Waals surface area (Å²) in [5.41, 5.74) is 1.02. The molecule has 1 atom stereocenters. The van der Waals surface area contributed by atoms with Crippen LogP contribution in [-0.4, -0.2) is 26.3 Å². The van der Waals surface area contributed by atoms with Crippen molar-refractivity contribution in [1.82, 2.24) is 10.6 Å². The fourth-order valence-electron chi connectivity index (χ4n) is 3.12. The minimum atomic E-state index is -0.0847. The van der Waals surface area contributed by atoms with Crippen LogP contribution in [0.1, 0.15) is 57.1 Å². The van der Waals surface area contributed by atoms with Crippen LogP contribution in [0.5, 0.6) is 11.5 Å². The summed E-state index contributed by atoms with van der Waals surface area (Å²) in [6.07, 6.45) is 6.67. The van der Waals surface area contributed by atoms with Gasteiger partial charge < -0.3 is 20.1 Å². The normalized spacial score (nSPS) is 16.5. The highest BCUT2D eigenvalue weighted by Crippen LogP contribution is 2.30. The average molecular weight is 320 g/mol. The van der Waals surface area contributed by atoms with Crippen LogP contribution in [0.15, 0.2) is 18.2 Å². The van der Waals surface area contributed by atoms with E-state index in [1.807, 2.05) is 18.2 Å². The van der Waals surface area contributed by atoms with Crippen LogP contribution in [0, 0.1) is 0 Å². The Morgan fingerprint density at radius 3 is 2.48 bits per heavy atom. The van der Waals surface area contributed by atoms with Crippen molar-refractivity contribution in [2.75, 3.05) is 14.2 Å². The molecule has 5 nitrogen and oxygen atoms in total. The summed E-state index contributed by atoms with van der Waals surface area (Å²) in [5.74, 6) is 1.37. The van der Waals surface area contributed by atoms with Crippen LogP contribution >= 0.6 is 0 Å². The molecule has 23 heavy (non-hydrogen) atoms. The first-order valence-corrected chi connectivity index (χ1v) is 8.46. The second-order valence-electron chi connectivity index (χ2n) is 6.03. The minimum absolute atomic E-state index is 0.0432. The van der Waals surface area contributed by atoms with Gasteiger partial charge in [-0.1, -0.05) is 32.3 Å². The van der Waals surface area contributed by atoms with E-state index in [4.69, 9.17) is 9.47 Å². The van der Waals surface area contributed by atoms with Gasteiger partial charge in [-0.2, -0.15) is 0 Å². The zero-order chi connectivity index (χ0) is 16.7. The first-order valence-electron chi connectivity index (χ1n) is 8.46. The number of nitrogens with one attached hydrogen (secondary N) is 2. The van der Waals surface area contributed by atoms with Gasteiger partial charge in [-0.15, -0.1) is 0 Å². The van der Waals surface area contributed by atoms with Crippen molar-refractivity contribution in [1.29, 1.82) is 0 Å². The molecule has 1 aliphatic carbocycles. The van der Waals surface area contributed by atoms with E-state index in [0.717, 1.165) is 24.8 Å². The quantitative estimate of drug-likeness (QED) is 0.838. The number of ether oxygens (including phenoxy) is 2. The van der Waals surface area contributed by atoms with Crippen LogP contribution in [0.2, 0.25) is 0 Å². The van der Waals surface area contributed by atoms with Crippen molar-refractivity contribution >= 4 is 6.03 Å². The van der Waals surface area contributed by atoms with Gasteiger partial charge in [0.05, 0.1) is 20.3 Å². The van der Waals surface area contributed by atoms with Crippen molar-refractivity contribution in [3.8, 4) is 11.5 Å². The summed E-state index contributed by atoms with van der Waals surface area (Å²) in [6, 6.07) is 5.95. The van der Waals surface area contributed by atoms with Crippen LogP contribution < -0.4 is 20.1 Å². The van der Waals surface area contributed by atoms with Crippen molar-refractivity contribution in [2.24, 2.45) is 0 Å². The van der Waals surface area contributed by atoms with E-state index in [1.54, 1.807) is 14.2 Å². The topological polar surface area (TPSA) is 59.6 Å². The predicted molar refractivity (Wildman–Crippen MR) is 91.1 cm³/mol. The van der Waals surface area contributed by atoms with Gasteiger partial charge in [-0.25, -0.2) is 4.79 Å². The summed E-state index contributed by atoms with van der Waals surface area (Å²) < 4.78 is 10.6. The Labute approximate surface area is 138 Å². The molecule has 0 aromatic heterocycles. The Bertz CT molecular complexity index is 513. The number of benzene rings is 1. The molecule has 0 heterocycles. The number of carbonyl (C=O) groups is 1. The molecule has 1 aromatic rings. The summed E-state index contributed by atoms with van der Waals surface area (Å²) in [5, 5.41) is 6.17. The number of hydrogen-bond donors (Lipinski definition) is 2. The Morgan fingerprint density at radius 1 is 1.17 bits per heavy atom. The highest BCUT2D eigenvalue weighted by Gasteiger charge is 2.19. The summed E-state index contributed by atoms with van der Waals surface area (Å²) in [6.45, 7) is 2.06. The molecule has 0 spiro atoms. The molecule has 5 heteroatoms. The van der Waals surface area contributed by atoms with Gasteiger partial charge in [0.2, 0.25) is 0 Å². The van der Waals surface area contributed by atoms with E-state index in [2.05, 4.69) is 17.6 Å². The van der Waals surface area contributed by atoms with Crippen LogP contribution in [0.3, 0.4) is 0 Å². The molecule has 2 rings (SSSR count). The smallest absolute Gasteiger partial charge is 0.315 e. The zero-order valence-electron chi connectivity index (χ0n) is 14.4. The Hall–Kier alpha value is -1.91. The second-order valence-corrected chi connectivity index (χ2v) is 6.03. The van der Waals surface area contributed by atoms with E-state index in [-0.39, 0.29) is 12.1 Å². The third kappa shape index (κ3) is 4.78. The first kappa shape index (κ1) is 17.4. The van der Waals surface area contributed by atoms with Gasteiger partial charge in [0.1, 0.15) is 0 Å². The lowest BCUT2D eigenvalue weighted by atomic mass is 9.96. The number of carbonyl (C=O) groups excluding carboxylic acids is 1. The van der Waals surface area contributed by atoms with Crippen LogP contribution in [0.25, 0.3) is 0 Å². The average Bonchev–Trinajstić information content (AvgIpc) is 2.60. The first-order chi connectivity index (χ1) is 11.2. The fourth-order valence-corrected chi connectivity index (χ4v) is 3.12. The number of rotatable bonds is 6. The largest absolute Gasteiger partial charge is 0.493 e. The number of methoxy groups -OCH3 is 2. The lowest BCUT2D eigenvalue weighted by molar-refractivity contribution is 0.228. The van der Waals surface area contributed by atoms with E-state index in [0.29, 0.717) is 17.5 Å². The molecule has 0 unspecified atom stereocenters. The molecule has 0 bridgehead atoms. The Kier molecular flexibility index (Phi) is 6.56. The zero-order valence-corrected chi connectivity index (χ0v) is 14.4. The third-order valence-corrected chi connectivity index (χ3v) is 4.46. The van der Waals surface area contributed by atoms with Crippen LogP contribution in [0.4, 0.5) is 4.79 Å². The minimum Gasteiger partial charge on any atom is -0.493 e. The van der Waals surface area contributed by atoms with E-state index < -0.39 is 0 Å². The Morgan fingerprint density at radius 2 is 1.87 bits per heavy atom. The van der Waals surface area contributed by atoms with Crippen molar-refractivity contribution in [3.05, 3.63) is 23.8 Å². The molecule has 128 valence electrons. The maximum absolute atomic E-state index is 12.3. The van der Waals surface area contributed by atoms with Gasteiger partial charge in [0.25, 0.3) is 0 Å². The van der Waals surface area contributed by atoms with Gasteiger partial charge in [0, 0.05) is 6.04 Å². The maximum atomic E-state index is 12.3. The molecule has 1 saturated carbocycles. The Balaban J connectivity index is 1.99. The number of hydrogen-bond acceptors (Lipinski definition) is 3. The number of urea groups is 1. The molecule has 0 radical (unpaired) electrons. The SMILES string of the molecule is CC[C@H](NC(=O)NC1CCCCC1)c1ccc(OC)c(OC)c1. The lowest BCUT2D eigenvalue weighted by Crippen LogP contribution is -2.44. The molecule has 1 aliphatic rings. The summed E-state index contributed by atoms with van der Waals surface area (Å²) in [4.78, 5) is 12.3.